The van der Waals surface area contributed by atoms with Crippen LogP contribution < -0.4 is 0 Å². The lowest BCUT2D eigenvalue weighted by molar-refractivity contribution is -0.116. The predicted molar refractivity (Wildman–Crippen MR) is 61.2 cm³/mol. The summed E-state index contributed by atoms with van der Waals surface area (Å²) in [4.78, 5) is 11.3. The topological polar surface area (TPSA) is 17.1 Å². The summed E-state index contributed by atoms with van der Waals surface area (Å²) in [6.07, 6.45) is 2.03. The van der Waals surface area contributed by atoms with Crippen molar-refractivity contribution in [3.05, 3.63) is 34.1 Å². The average Bonchev–Trinajstić information content (AvgIpc) is 2.12. The molecule has 1 aromatic carbocycles. The molecule has 0 spiro atoms. The molecule has 4 heteroatoms. The largest absolute Gasteiger partial charge is 0.298 e. The lowest BCUT2D eigenvalue weighted by Crippen LogP contribution is -2.06. The van der Waals surface area contributed by atoms with Crippen molar-refractivity contribution in [1.29, 1.82) is 0 Å². The molecule has 0 aliphatic carbocycles. The Bertz CT molecular complexity index is 341. The first-order valence-corrected chi connectivity index (χ1v) is 6.26. The van der Waals surface area contributed by atoms with Gasteiger partial charge in [0.15, 0.2) is 0 Å². The Labute approximate surface area is 95.2 Å². The molecule has 0 aromatic heterocycles. The summed E-state index contributed by atoms with van der Waals surface area (Å²) < 4.78 is 14.0. The fourth-order valence-electron chi connectivity index (χ4n) is 1.10. The van der Waals surface area contributed by atoms with E-state index in [9.17, 15) is 9.18 Å². The second-order valence-corrected chi connectivity index (χ2v) is 4.67. The molecule has 0 aliphatic heterocycles. The SMILES string of the molecule is CSCC(=O)Cc1cc(Br)ccc1F. The molecule has 1 nitrogen and oxygen atoms in total. The lowest BCUT2D eigenvalue weighted by Gasteiger charge is -2.02. The first-order valence-electron chi connectivity index (χ1n) is 4.08. The summed E-state index contributed by atoms with van der Waals surface area (Å²) in [5.74, 6) is 0.170. The van der Waals surface area contributed by atoms with Crippen LogP contribution in [0.1, 0.15) is 5.56 Å². The second kappa shape index (κ2) is 5.51. The number of carbonyl (C=O) groups is 1. The van der Waals surface area contributed by atoms with Gasteiger partial charge in [0.25, 0.3) is 0 Å². The summed E-state index contributed by atoms with van der Waals surface area (Å²) in [5.41, 5.74) is 0.457. The fourth-order valence-corrected chi connectivity index (χ4v) is 1.94. The number of benzene rings is 1. The molecule has 0 aliphatic rings. The number of Topliss-reactive ketones (excluding diaryl/α,β-unsaturated/α-hetero) is 1. The first-order chi connectivity index (χ1) is 6.63. The highest BCUT2D eigenvalue weighted by Crippen LogP contribution is 2.16. The van der Waals surface area contributed by atoms with Crippen LogP contribution in [-0.2, 0) is 11.2 Å². The van der Waals surface area contributed by atoms with E-state index < -0.39 is 0 Å². The van der Waals surface area contributed by atoms with Gasteiger partial charge in [-0.2, -0.15) is 11.8 Å². The summed E-state index contributed by atoms with van der Waals surface area (Å²) in [6.45, 7) is 0. The number of carbonyl (C=O) groups excluding carboxylic acids is 1. The van der Waals surface area contributed by atoms with Gasteiger partial charge in [0.2, 0.25) is 0 Å². The molecule has 0 saturated carbocycles. The summed E-state index contributed by atoms with van der Waals surface area (Å²) in [5, 5.41) is 0. The Balaban J connectivity index is 2.75. The van der Waals surface area contributed by atoms with Gasteiger partial charge in [-0.05, 0) is 30.0 Å². The van der Waals surface area contributed by atoms with E-state index in [0.29, 0.717) is 11.3 Å². The molecule has 1 aromatic rings. The molecule has 0 heterocycles. The number of hydrogen-bond acceptors (Lipinski definition) is 2. The van der Waals surface area contributed by atoms with Crippen molar-refractivity contribution in [1.82, 2.24) is 0 Å². The van der Waals surface area contributed by atoms with E-state index in [1.165, 1.54) is 17.8 Å². The molecule has 0 unspecified atom stereocenters. The third-order valence-corrected chi connectivity index (χ3v) is 2.80. The van der Waals surface area contributed by atoms with E-state index in [0.717, 1.165) is 4.47 Å². The van der Waals surface area contributed by atoms with Gasteiger partial charge < -0.3 is 0 Å². The summed E-state index contributed by atoms with van der Waals surface area (Å²) >= 11 is 4.70. The van der Waals surface area contributed by atoms with E-state index in [1.54, 1.807) is 12.1 Å². The molecule has 0 radical (unpaired) electrons. The van der Waals surface area contributed by atoms with Crippen molar-refractivity contribution >= 4 is 33.5 Å². The molecule has 0 amide bonds. The molecule has 0 N–H and O–H groups in total. The Hall–Kier alpha value is -0.350. The number of thioether (sulfide) groups is 1. The van der Waals surface area contributed by atoms with Gasteiger partial charge in [-0.1, -0.05) is 15.9 Å². The molecule has 1 rings (SSSR count). The van der Waals surface area contributed by atoms with Crippen molar-refractivity contribution in [3.8, 4) is 0 Å². The van der Waals surface area contributed by atoms with Crippen molar-refractivity contribution < 1.29 is 9.18 Å². The van der Waals surface area contributed by atoms with Gasteiger partial charge in [0.05, 0.1) is 5.75 Å². The zero-order valence-corrected chi connectivity index (χ0v) is 10.1. The molecular weight excluding hydrogens is 267 g/mol. The Kier molecular flexibility index (Phi) is 4.62. The highest BCUT2D eigenvalue weighted by Gasteiger charge is 2.07. The van der Waals surface area contributed by atoms with Gasteiger partial charge in [0.1, 0.15) is 11.6 Å². The standard InChI is InChI=1S/C10H10BrFOS/c1-14-6-9(13)5-7-4-8(11)2-3-10(7)12/h2-4H,5-6H2,1H3. The Morgan fingerprint density at radius 3 is 2.93 bits per heavy atom. The number of ketones is 1. The normalized spacial score (nSPS) is 10.2. The highest BCUT2D eigenvalue weighted by atomic mass is 79.9. The lowest BCUT2D eigenvalue weighted by atomic mass is 10.1. The van der Waals surface area contributed by atoms with Crippen molar-refractivity contribution in [2.45, 2.75) is 6.42 Å². The first kappa shape index (κ1) is 11.7. The van der Waals surface area contributed by atoms with Crippen LogP contribution in [0.15, 0.2) is 22.7 Å². The van der Waals surface area contributed by atoms with E-state index in [4.69, 9.17) is 0 Å². The molecule has 0 saturated heterocycles. The Morgan fingerprint density at radius 2 is 2.29 bits per heavy atom. The van der Waals surface area contributed by atoms with Crippen LogP contribution in [0.2, 0.25) is 0 Å². The van der Waals surface area contributed by atoms with Crippen molar-refractivity contribution in [2.75, 3.05) is 12.0 Å². The summed E-state index contributed by atoms with van der Waals surface area (Å²) in [6, 6.07) is 4.64. The van der Waals surface area contributed by atoms with Crippen LogP contribution >= 0.6 is 27.7 Å². The molecule has 0 atom stereocenters. The van der Waals surface area contributed by atoms with E-state index in [1.807, 2.05) is 6.26 Å². The Morgan fingerprint density at radius 1 is 1.57 bits per heavy atom. The number of rotatable bonds is 4. The van der Waals surface area contributed by atoms with E-state index >= 15 is 0 Å². The van der Waals surface area contributed by atoms with Crippen molar-refractivity contribution in [3.63, 3.8) is 0 Å². The molecular formula is C10H10BrFOS. The van der Waals surface area contributed by atoms with Gasteiger partial charge in [-0.15, -0.1) is 0 Å². The second-order valence-electron chi connectivity index (χ2n) is 2.88. The third-order valence-electron chi connectivity index (χ3n) is 1.70. The summed E-state index contributed by atoms with van der Waals surface area (Å²) in [7, 11) is 0. The maximum Gasteiger partial charge on any atom is 0.147 e. The minimum atomic E-state index is -0.317. The molecule has 76 valence electrons. The zero-order chi connectivity index (χ0) is 10.6. The monoisotopic (exact) mass is 276 g/mol. The van der Waals surface area contributed by atoms with Crippen LogP contribution in [-0.4, -0.2) is 17.8 Å². The minimum Gasteiger partial charge on any atom is -0.298 e. The van der Waals surface area contributed by atoms with E-state index in [2.05, 4.69) is 15.9 Å². The van der Waals surface area contributed by atoms with E-state index in [-0.39, 0.29) is 18.0 Å². The number of hydrogen-bond donors (Lipinski definition) is 0. The van der Waals surface area contributed by atoms with Crippen molar-refractivity contribution in [2.24, 2.45) is 0 Å². The molecule has 0 fully saturated rings. The number of halogens is 2. The van der Waals surface area contributed by atoms with Crippen LogP contribution in [0.5, 0.6) is 0 Å². The smallest absolute Gasteiger partial charge is 0.147 e. The maximum atomic E-state index is 13.2. The zero-order valence-electron chi connectivity index (χ0n) is 7.72. The maximum absolute atomic E-state index is 13.2. The van der Waals surface area contributed by atoms with Gasteiger partial charge in [-0.25, -0.2) is 4.39 Å². The molecule has 0 bridgehead atoms. The van der Waals surface area contributed by atoms with Crippen LogP contribution in [0.3, 0.4) is 0 Å². The van der Waals surface area contributed by atoms with Crippen LogP contribution in [0, 0.1) is 5.82 Å². The fraction of sp³-hybridized carbons (Fsp3) is 0.300. The van der Waals surface area contributed by atoms with Gasteiger partial charge >= 0.3 is 0 Å². The van der Waals surface area contributed by atoms with Gasteiger partial charge in [-0.3, -0.25) is 4.79 Å². The highest BCUT2D eigenvalue weighted by molar-refractivity contribution is 9.10. The third kappa shape index (κ3) is 3.42. The van der Waals surface area contributed by atoms with Crippen LogP contribution in [0.25, 0.3) is 0 Å². The average molecular weight is 277 g/mol. The van der Waals surface area contributed by atoms with Crippen LogP contribution in [0.4, 0.5) is 4.39 Å². The molecule has 14 heavy (non-hydrogen) atoms. The van der Waals surface area contributed by atoms with Gasteiger partial charge in [0, 0.05) is 10.9 Å². The quantitative estimate of drug-likeness (QED) is 0.841. The predicted octanol–water partition coefficient (Wildman–Crippen LogP) is 3.06. The minimum absolute atomic E-state index is 0.0505.